The molecule has 4 nitrogen and oxygen atoms in total. The molecule has 1 aromatic carbocycles. The number of hydrogen-bond acceptors (Lipinski definition) is 3. The molecule has 3 atom stereocenters. The van der Waals surface area contributed by atoms with E-state index in [1.807, 2.05) is 6.92 Å². The van der Waals surface area contributed by atoms with Crippen LogP contribution in [-0.2, 0) is 0 Å². The van der Waals surface area contributed by atoms with E-state index in [-0.39, 0.29) is 17.6 Å². The van der Waals surface area contributed by atoms with E-state index in [9.17, 15) is 18.9 Å². The molecule has 3 unspecified atom stereocenters. The normalized spacial score (nSPS) is 26.4. The van der Waals surface area contributed by atoms with Gasteiger partial charge < -0.3 is 5.32 Å². The van der Waals surface area contributed by atoms with Crippen LogP contribution in [0, 0.1) is 33.6 Å². The summed E-state index contributed by atoms with van der Waals surface area (Å²) in [4.78, 5) is 10.2. The van der Waals surface area contributed by atoms with Gasteiger partial charge in [-0.1, -0.05) is 13.8 Å². The van der Waals surface area contributed by atoms with E-state index < -0.39 is 22.2 Å². The Hall–Kier alpha value is -1.72. The summed E-state index contributed by atoms with van der Waals surface area (Å²) < 4.78 is 27.0. The van der Waals surface area contributed by atoms with Gasteiger partial charge in [0.25, 0.3) is 5.69 Å². The average molecular weight is 270 g/mol. The standard InChI is InChI=1S/C13H16F2N2O2/c1-7-3-5-10(8(7)2)16-13-11(17(18)19)6-4-9(14)12(13)15/h4,6-8,10,16H,3,5H2,1-2H3. The molecule has 1 fully saturated rings. The van der Waals surface area contributed by atoms with Crippen molar-refractivity contribution in [3.63, 3.8) is 0 Å². The Kier molecular flexibility index (Phi) is 3.68. The third kappa shape index (κ3) is 2.52. The van der Waals surface area contributed by atoms with Crippen molar-refractivity contribution in [2.75, 3.05) is 5.32 Å². The number of nitro groups is 1. The summed E-state index contributed by atoms with van der Waals surface area (Å²) in [7, 11) is 0. The van der Waals surface area contributed by atoms with Gasteiger partial charge in [-0.3, -0.25) is 10.1 Å². The lowest BCUT2D eigenvalue weighted by atomic mass is 9.97. The molecule has 0 saturated heterocycles. The van der Waals surface area contributed by atoms with Crippen LogP contribution < -0.4 is 5.32 Å². The average Bonchev–Trinajstić information content (AvgIpc) is 2.66. The van der Waals surface area contributed by atoms with E-state index in [2.05, 4.69) is 12.2 Å². The molecule has 1 aliphatic carbocycles. The van der Waals surface area contributed by atoms with Gasteiger partial charge >= 0.3 is 0 Å². The van der Waals surface area contributed by atoms with E-state index in [0.29, 0.717) is 5.92 Å². The van der Waals surface area contributed by atoms with Crippen molar-refractivity contribution in [1.82, 2.24) is 0 Å². The third-order valence-electron chi connectivity index (χ3n) is 4.06. The van der Waals surface area contributed by atoms with Crippen LogP contribution in [-0.4, -0.2) is 11.0 Å². The topological polar surface area (TPSA) is 55.2 Å². The highest BCUT2D eigenvalue weighted by molar-refractivity contribution is 5.63. The van der Waals surface area contributed by atoms with Crippen LogP contribution >= 0.6 is 0 Å². The first kappa shape index (κ1) is 13.7. The molecular formula is C13H16F2N2O2. The SMILES string of the molecule is CC1CCC(Nc2c([N+](=O)[O-])ccc(F)c2F)C1C. The molecule has 0 aromatic heterocycles. The van der Waals surface area contributed by atoms with Crippen LogP contribution in [0.3, 0.4) is 0 Å². The van der Waals surface area contributed by atoms with Gasteiger partial charge in [0, 0.05) is 12.1 Å². The second-order valence-corrected chi connectivity index (χ2v) is 5.18. The van der Waals surface area contributed by atoms with Gasteiger partial charge in [-0.15, -0.1) is 0 Å². The molecule has 1 aliphatic rings. The number of nitrogens with zero attached hydrogens (tertiary/aromatic N) is 1. The van der Waals surface area contributed by atoms with Crippen LogP contribution in [0.25, 0.3) is 0 Å². The minimum atomic E-state index is -1.18. The Bertz CT molecular complexity index is 508. The van der Waals surface area contributed by atoms with Gasteiger partial charge in [-0.2, -0.15) is 0 Å². The van der Waals surface area contributed by atoms with Crippen molar-refractivity contribution < 1.29 is 13.7 Å². The predicted molar refractivity (Wildman–Crippen MR) is 68.0 cm³/mol. The van der Waals surface area contributed by atoms with Crippen molar-refractivity contribution in [2.45, 2.75) is 32.7 Å². The van der Waals surface area contributed by atoms with Gasteiger partial charge in [0.15, 0.2) is 17.3 Å². The van der Waals surface area contributed by atoms with E-state index >= 15 is 0 Å². The van der Waals surface area contributed by atoms with E-state index in [1.54, 1.807) is 0 Å². The highest BCUT2D eigenvalue weighted by Gasteiger charge is 2.32. The second kappa shape index (κ2) is 5.11. The Morgan fingerprint density at radius 3 is 2.53 bits per heavy atom. The molecule has 19 heavy (non-hydrogen) atoms. The molecule has 104 valence electrons. The molecule has 0 spiro atoms. The first-order valence-corrected chi connectivity index (χ1v) is 6.30. The number of benzene rings is 1. The fourth-order valence-electron chi connectivity index (χ4n) is 2.58. The summed E-state index contributed by atoms with van der Waals surface area (Å²) in [6, 6.07) is 1.70. The highest BCUT2D eigenvalue weighted by atomic mass is 19.2. The first-order chi connectivity index (χ1) is 8.91. The van der Waals surface area contributed by atoms with Gasteiger partial charge in [-0.05, 0) is 30.7 Å². The second-order valence-electron chi connectivity index (χ2n) is 5.18. The minimum Gasteiger partial charge on any atom is -0.374 e. The zero-order valence-corrected chi connectivity index (χ0v) is 10.8. The number of halogens is 2. The van der Waals surface area contributed by atoms with Crippen LogP contribution in [0.5, 0.6) is 0 Å². The summed E-state index contributed by atoms with van der Waals surface area (Å²) in [5.74, 6) is -1.52. The summed E-state index contributed by atoms with van der Waals surface area (Å²) in [6.07, 6.45) is 1.78. The molecule has 6 heteroatoms. The van der Waals surface area contributed by atoms with Crippen molar-refractivity contribution in [3.8, 4) is 0 Å². The van der Waals surface area contributed by atoms with Crippen LogP contribution in [0.2, 0.25) is 0 Å². The van der Waals surface area contributed by atoms with Gasteiger partial charge in [0.1, 0.15) is 0 Å². The zero-order valence-electron chi connectivity index (χ0n) is 10.8. The lowest BCUT2D eigenvalue weighted by Gasteiger charge is -2.21. The van der Waals surface area contributed by atoms with Crippen molar-refractivity contribution in [3.05, 3.63) is 33.9 Å². The number of nitrogens with one attached hydrogen (secondary N) is 1. The predicted octanol–water partition coefficient (Wildman–Crippen LogP) is 3.72. The smallest absolute Gasteiger partial charge is 0.295 e. The maximum Gasteiger partial charge on any atom is 0.295 e. The molecule has 0 heterocycles. The van der Waals surface area contributed by atoms with E-state index in [4.69, 9.17) is 0 Å². The van der Waals surface area contributed by atoms with Crippen molar-refractivity contribution >= 4 is 11.4 Å². The van der Waals surface area contributed by atoms with Crippen molar-refractivity contribution in [2.24, 2.45) is 11.8 Å². The van der Waals surface area contributed by atoms with Crippen LogP contribution in [0.1, 0.15) is 26.7 Å². The van der Waals surface area contributed by atoms with Gasteiger partial charge in [-0.25, -0.2) is 8.78 Å². The fraction of sp³-hybridized carbons (Fsp3) is 0.538. The number of rotatable bonds is 3. The molecule has 2 rings (SSSR count). The Morgan fingerprint density at radius 2 is 2.00 bits per heavy atom. The minimum absolute atomic E-state index is 0.0648. The Labute approximate surface area is 110 Å². The highest BCUT2D eigenvalue weighted by Crippen LogP contribution is 2.36. The summed E-state index contributed by atoms with van der Waals surface area (Å²) in [5, 5.41) is 13.7. The van der Waals surface area contributed by atoms with Crippen molar-refractivity contribution in [1.29, 1.82) is 0 Å². The van der Waals surface area contributed by atoms with E-state index in [1.165, 1.54) is 0 Å². The van der Waals surface area contributed by atoms with Crippen LogP contribution in [0.4, 0.5) is 20.2 Å². The maximum absolute atomic E-state index is 13.8. The fourth-order valence-corrected chi connectivity index (χ4v) is 2.58. The maximum atomic E-state index is 13.8. The summed E-state index contributed by atoms with van der Waals surface area (Å²) in [5.41, 5.74) is -0.762. The molecular weight excluding hydrogens is 254 g/mol. The Morgan fingerprint density at radius 1 is 1.32 bits per heavy atom. The molecule has 1 N–H and O–H groups in total. The number of hydrogen-bond donors (Lipinski definition) is 1. The van der Waals surface area contributed by atoms with Gasteiger partial charge in [0.2, 0.25) is 0 Å². The lowest BCUT2D eigenvalue weighted by molar-refractivity contribution is -0.384. The zero-order chi connectivity index (χ0) is 14.2. The molecule has 0 amide bonds. The molecule has 0 aliphatic heterocycles. The Balaban J connectivity index is 2.33. The molecule has 1 aromatic rings. The van der Waals surface area contributed by atoms with Gasteiger partial charge in [0.05, 0.1) is 4.92 Å². The first-order valence-electron chi connectivity index (χ1n) is 6.30. The molecule has 0 bridgehead atoms. The monoisotopic (exact) mass is 270 g/mol. The van der Waals surface area contributed by atoms with E-state index in [0.717, 1.165) is 25.0 Å². The lowest BCUT2D eigenvalue weighted by Crippen LogP contribution is -2.25. The number of anilines is 1. The quantitative estimate of drug-likeness (QED) is 0.672. The third-order valence-corrected chi connectivity index (χ3v) is 4.06. The summed E-state index contributed by atoms with van der Waals surface area (Å²) >= 11 is 0. The molecule has 0 radical (unpaired) electrons. The summed E-state index contributed by atoms with van der Waals surface area (Å²) in [6.45, 7) is 4.10. The largest absolute Gasteiger partial charge is 0.374 e. The number of nitro benzene ring substituents is 1. The van der Waals surface area contributed by atoms with Crippen LogP contribution in [0.15, 0.2) is 12.1 Å². The molecule has 1 saturated carbocycles.